The van der Waals surface area contributed by atoms with Crippen molar-refractivity contribution in [1.29, 1.82) is 5.26 Å². The Labute approximate surface area is 125 Å². The van der Waals surface area contributed by atoms with Crippen LogP contribution >= 0.6 is 0 Å². The van der Waals surface area contributed by atoms with Gasteiger partial charge in [0.25, 0.3) is 0 Å². The molecule has 0 radical (unpaired) electrons. The normalized spacial score (nSPS) is 18.2. The number of ether oxygens (including phenoxy) is 1. The van der Waals surface area contributed by atoms with E-state index in [-0.39, 0.29) is 6.10 Å². The molecule has 0 spiro atoms. The van der Waals surface area contributed by atoms with Crippen LogP contribution in [0.15, 0.2) is 48.5 Å². The van der Waals surface area contributed by atoms with Crippen molar-refractivity contribution in [3.8, 4) is 11.8 Å². The van der Waals surface area contributed by atoms with Gasteiger partial charge >= 0.3 is 0 Å². The van der Waals surface area contributed by atoms with E-state index in [2.05, 4.69) is 30.0 Å². The number of para-hydroxylation sites is 1. The Morgan fingerprint density at radius 2 is 1.95 bits per heavy atom. The van der Waals surface area contributed by atoms with Gasteiger partial charge in [-0.3, -0.25) is 4.90 Å². The van der Waals surface area contributed by atoms with Gasteiger partial charge in [0.2, 0.25) is 0 Å². The van der Waals surface area contributed by atoms with E-state index in [9.17, 15) is 0 Å². The van der Waals surface area contributed by atoms with Gasteiger partial charge < -0.3 is 4.74 Å². The molecule has 1 aliphatic rings. The molecule has 0 aromatic heterocycles. The summed E-state index contributed by atoms with van der Waals surface area (Å²) in [6.45, 7) is 4.94. The fraction of sp³-hybridized carbons (Fsp3) is 0.278. The van der Waals surface area contributed by atoms with Crippen LogP contribution in [0.2, 0.25) is 0 Å². The van der Waals surface area contributed by atoms with E-state index >= 15 is 0 Å². The molecule has 0 saturated heterocycles. The third-order valence-corrected chi connectivity index (χ3v) is 3.92. The van der Waals surface area contributed by atoms with Gasteiger partial charge in [0.1, 0.15) is 11.9 Å². The standard InChI is InChI=1S/C18H18N2O/c1-2-20-12-16-5-3-4-6-17(16)21-18(13-20)15-9-7-14(11-19)8-10-15/h3-10,18H,2,12-13H2,1H3. The van der Waals surface area contributed by atoms with Crippen LogP contribution in [0.4, 0.5) is 0 Å². The average Bonchev–Trinajstić information content (AvgIpc) is 2.74. The van der Waals surface area contributed by atoms with Gasteiger partial charge in [-0.15, -0.1) is 0 Å². The van der Waals surface area contributed by atoms with Gasteiger partial charge in [-0.1, -0.05) is 37.3 Å². The minimum absolute atomic E-state index is 0.00124. The van der Waals surface area contributed by atoms with Crippen molar-refractivity contribution in [3.05, 3.63) is 65.2 Å². The van der Waals surface area contributed by atoms with Gasteiger partial charge in [0.05, 0.1) is 11.6 Å². The molecule has 0 N–H and O–H groups in total. The molecular weight excluding hydrogens is 260 g/mol. The molecule has 0 fully saturated rings. The van der Waals surface area contributed by atoms with Crippen LogP contribution in [-0.4, -0.2) is 18.0 Å². The van der Waals surface area contributed by atoms with Crippen LogP contribution in [-0.2, 0) is 6.54 Å². The first-order valence-electron chi connectivity index (χ1n) is 7.27. The Morgan fingerprint density at radius 3 is 2.67 bits per heavy atom. The molecule has 1 unspecified atom stereocenters. The Bertz CT molecular complexity index is 658. The summed E-state index contributed by atoms with van der Waals surface area (Å²) in [6.07, 6.45) is 0.00124. The van der Waals surface area contributed by atoms with E-state index in [4.69, 9.17) is 10.00 Å². The van der Waals surface area contributed by atoms with Crippen molar-refractivity contribution in [1.82, 2.24) is 4.90 Å². The minimum atomic E-state index is 0.00124. The molecule has 2 aromatic carbocycles. The maximum atomic E-state index is 8.90. The van der Waals surface area contributed by atoms with E-state index < -0.39 is 0 Å². The first-order valence-corrected chi connectivity index (χ1v) is 7.27. The number of likely N-dealkylation sites (N-methyl/N-ethyl adjacent to an activating group) is 1. The van der Waals surface area contributed by atoms with E-state index in [0.29, 0.717) is 5.56 Å². The monoisotopic (exact) mass is 278 g/mol. The molecule has 0 amide bonds. The molecule has 1 atom stereocenters. The minimum Gasteiger partial charge on any atom is -0.484 e. The molecule has 3 rings (SSSR count). The third kappa shape index (κ3) is 2.91. The van der Waals surface area contributed by atoms with Crippen molar-refractivity contribution >= 4 is 0 Å². The van der Waals surface area contributed by atoms with Gasteiger partial charge in [-0.2, -0.15) is 5.26 Å². The zero-order valence-corrected chi connectivity index (χ0v) is 12.1. The van der Waals surface area contributed by atoms with E-state index in [1.807, 2.05) is 36.4 Å². The Balaban J connectivity index is 1.92. The lowest BCUT2D eigenvalue weighted by molar-refractivity contribution is 0.152. The highest BCUT2D eigenvalue weighted by molar-refractivity contribution is 5.37. The lowest BCUT2D eigenvalue weighted by Crippen LogP contribution is -2.27. The Hall–Kier alpha value is -2.31. The highest BCUT2D eigenvalue weighted by Crippen LogP contribution is 2.30. The zero-order chi connectivity index (χ0) is 14.7. The maximum Gasteiger partial charge on any atom is 0.136 e. The molecule has 0 bridgehead atoms. The van der Waals surface area contributed by atoms with Crippen molar-refractivity contribution in [2.75, 3.05) is 13.1 Å². The summed E-state index contributed by atoms with van der Waals surface area (Å²) < 4.78 is 6.22. The second kappa shape index (κ2) is 5.99. The molecule has 3 nitrogen and oxygen atoms in total. The summed E-state index contributed by atoms with van der Waals surface area (Å²) in [5, 5.41) is 8.90. The van der Waals surface area contributed by atoms with E-state index in [1.165, 1.54) is 5.56 Å². The van der Waals surface area contributed by atoms with E-state index in [1.54, 1.807) is 0 Å². The number of nitriles is 1. The predicted molar refractivity (Wildman–Crippen MR) is 81.9 cm³/mol. The summed E-state index contributed by atoms with van der Waals surface area (Å²) in [7, 11) is 0. The summed E-state index contributed by atoms with van der Waals surface area (Å²) in [6, 6.07) is 18.1. The van der Waals surface area contributed by atoms with Crippen LogP contribution in [0, 0.1) is 11.3 Å². The van der Waals surface area contributed by atoms with Crippen molar-refractivity contribution in [2.45, 2.75) is 19.6 Å². The molecular formula is C18H18N2O. The summed E-state index contributed by atoms with van der Waals surface area (Å²) in [5.74, 6) is 0.961. The third-order valence-electron chi connectivity index (χ3n) is 3.92. The number of fused-ring (bicyclic) bond motifs is 1. The number of rotatable bonds is 2. The molecule has 3 heteroatoms. The predicted octanol–water partition coefficient (Wildman–Crippen LogP) is 3.51. The SMILES string of the molecule is CCN1Cc2ccccc2OC(c2ccc(C#N)cc2)C1. The quantitative estimate of drug-likeness (QED) is 0.843. The van der Waals surface area contributed by atoms with Gasteiger partial charge in [-0.05, 0) is 30.3 Å². The smallest absolute Gasteiger partial charge is 0.136 e. The molecule has 0 saturated carbocycles. The zero-order valence-electron chi connectivity index (χ0n) is 12.1. The lowest BCUT2D eigenvalue weighted by Gasteiger charge is -2.22. The van der Waals surface area contributed by atoms with Crippen LogP contribution < -0.4 is 4.74 Å². The fourth-order valence-electron chi connectivity index (χ4n) is 2.67. The molecule has 106 valence electrons. The maximum absolute atomic E-state index is 8.90. The van der Waals surface area contributed by atoms with Crippen molar-refractivity contribution in [2.24, 2.45) is 0 Å². The van der Waals surface area contributed by atoms with E-state index in [0.717, 1.165) is 30.9 Å². The summed E-state index contributed by atoms with van der Waals surface area (Å²) in [4.78, 5) is 2.38. The fourth-order valence-corrected chi connectivity index (χ4v) is 2.67. The first kappa shape index (κ1) is 13.7. The molecule has 21 heavy (non-hydrogen) atoms. The van der Waals surface area contributed by atoms with Crippen LogP contribution in [0.3, 0.4) is 0 Å². The Morgan fingerprint density at radius 1 is 1.19 bits per heavy atom. The number of hydrogen-bond acceptors (Lipinski definition) is 3. The largest absolute Gasteiger partial charge is 0.484 e. The van der Waals surface area contributed by atoms with Crippen LogP contribution in [0.25, 0.3) is 0 Å². The lowest BCUT2D eigenvalue weighted by atomic mass is 10.1. The number of hydrogen-bond donors (Lipinski definition) is 0. The number of benzene rings is 2. The highest BCUT2D eigenvalue weighted by Gasteiger charge is 2.23. The van der Waals surface area contributed by atoms with Crippen LogP contribution in [0.5, 0.6) is 5.75 Å². The van der Waals surface area contributed by atoms with Gasteiger partial charge in [0.15, 0.2) is 0 Å². The molecule has 0 aliphatic carbocycles. The van der Waals surface area contributed by atoms with Crippen LogP contribution in [0.1, 0.15) is 29.7 Å². The van der Waals surface area contributed by atoms with Gasteiger partial charge in [-0.25, -0.2) is 0 Å². The molecule has 1 heterocycles. The van der Waals surface area contributed by atoms with Crippen molar-refractivity contribution < 1.29 is 4.74 Å². The average molecular weight is 278 g/mol. The molecule has 2 aromatic rings. The van der Waals surface area contributed by atoms with Crippen molar-refractivity contribution in [3.63, 3.8) is 0 Å². The second-order valence-electron chi connectivity index (χ2n) is 5.28. The first-order chi connectivity index (χ1) is 10.3. The summed E-state index contributed by atoms with van der Waals surface area (Å²) >= 11 is 0. The topological polar surface area (TPSA) is 36.3 Å². The molecule has 1 aliphatic heterocycles. The van der Waals surface area contributed by atoms with Gasteiger partial charge in [0, 0.05) is 18.7 Å². The highest BCUT2D eigenvalue weighted by atomic mass is 16.5. The summed E-state index contributed by atoms with van der Waals surface area (Å²) in [5.41, 5.74) is 3.03. The Kier molecular flexibility index (Phi) is 3.89. The second-order valence-corrected chi connectivity index (χ2v) is 5.28. The number of nitrogens with zero attached hydrogens (tertiary/aromatic N) is 2.